The molecule has 0 aliphatic carbocycles. The summed E-state index contributed by atoms with van der Waals surface area (Å²) in [5.41, 5.74) is 0.974. The molecule has 2 bridgehead atoms. The second-order valence-electron chi connectivity index (χ2n) is 6.35. The lowest BCUT2D eigenvalue weighted by atomic mass is 9.96. The van der Waals surface area contributed by atoms with E-state index in [0.717, 1.165) is 24.4 Å². The lowest BCUT2D eigenvalue weighted by Crippen LogP contribution is -2.48. The average molecular weight is 356 g/mol. The molecular weight excluding hydrogens is 333 g/mol. The monoisotopic (exact) mass is 355 g/mol. The van der Waals surface area contributed by atoms with Crippen molar-refractivity contribution in [3.8, 4) is 0 Å². The average Bonchev–Trinajstić information content (AvgIpc) is 3.13. The number of aliphatic imine (C=N–C) groups is 1. The number of rotatable bonds is 4. The van der Waals surface area contributed by atoms with E-state index in [9.17, 15) is 0 Å². The zero-order chi connectivity index (χ0) is 16.4. The van der Waals surface area contributed by atoms with E-state index in [1.165, 1.54) is 6.42 Å². The molecule has 2 aliphatic heterocycles. The fourth-order valence-electron chi connectivity index (χ4n) is 3.49. The first kappa shape index (κ1) is 16.9. The number of guanidine groups is 1. The summed E-state index contributed by atoms with van der Waals surface area (Å²) in [7, 11) is 1.79. The first-order valence-electron chi connectivity index (χ1n) is 8.15. The Labute approximate surface area is 147 Å². The number of halogens is 2. The first-order valence-corrected chi connectivity index (χ1v) is 8.90. The van der Waals surface area contributed by atoms with Gasteiger partial charge in [-0.1, -0.05) is 36.2 Å². The molecule has 2 heterocycles. The maximum absolute atomic E-state index is 6.28. The normalized spacial score (nSPS) is 28.0. The lowest BCUT2D eigenvalue weighted by molar-refractivity contribution is 0.0992. The van der Waals surface area contributed by atoms with Gasteiger partial charge in [0, 0.05) is 29.6 Å². The summed E-state index contributed by atoms with van der Waals surface area (Å²) in [4.78, 5) is 4.32. The quantitative estimate of drug-likeness (QED) is 0.640. The minimum Gasteiger partial charge on any atom is -0.373 e. The summed E-state index contributed by atoms with van der Waals surface area (Å²) >= 11 is 12.6. The van der Waals surface area contributed by atoms with Gasteiger partial charge < -0.3 is 15.4 Å². The summed E-state index contributed by atoms with van der Waals surface area (Å²) < 4.78 is 5.88. The Hall–Kier alpha value is -0.970. The fraction of sp³-hybridized carbons (Fsp3) is 0.588. The highest BCUT2D eigenvalue weighted by molar-refractivity contribution is 6.36. The first-order chi connectivity index (χ1) is 11.1. The minimum atomic E-state index is 0.186. The maximum atomic E-state index is 6.28. The molecule has 6 heteroatoms. The Morgan fingerprint density at radius 1 is 1.35 bits per heavy atom. The molecule has 0 amide bonds. The summed E-state index contributed by atoms with van der Waals surface area (Å²) in [6.07, 6.45) is 4.16. The predicted octanol–water partition coefficient (Wildman–Crippen LogP) is 3.58. The molecular formula is C17H23Cl2N3O. The zero-order valence-electron chi connectivity index (χ0n) is 13.5. The number of ether oxygens (including phenoxy) is 1. The van der Waals surface area contributed by atoms with Gasteiger partial charge >= 0.3 is 0 Å². The van der Waals surface area contributed by atoms with E-state index in [2.05, 4.69) is 22.5 Å². The van der Waals surface area contributed by atoms with Gasteiger partial charge in [0.05, 0.1) is 18.2 Å². The zero-order valence-corrected chi connectivity index (χ0v) is 15.0. The van der Waals surface area contributed by atoms with Gasteiger partial charge in [-0.3, -0.25) is 4.99 Å². The van der Waals surface area contributed by atoms with Crippen LogP contribution in [0.3, 0.4) is 0 Å². The highest BCUT2D eigenvalue weighted by atomic mass is 35.5. The van der Waals surface area contributed by atoms with Crippen molar-refractivity contribution in [2.75, 3.05) is 13.6 Å². The van der Waals surface area contributed by atoms with E-state index in [1.54, 1.807) is 7.05 Å². The number of hydrogen-bond acceptors (Lipinski definition) is 2. The highest BCUT2D eigenvalue weighted by Gasteiger charge is 2.41. The van der Waals surface area contributed by atoms with Gasteiger partial charge in [0.1, 0.15) is 0 Å². The highest BCUT2D eigenvalue weighted by Crippen LogP contribution is 2.34. The number of nitrogens with one attached hydrogen (secondary N) is 2. The van der Waals surface area contributed by atoms with Crippen LogP contribution in [-0.2, 0) is 4.74 Å². The van der Waals surface area contributed by atoms with Gasteiger partial charge in [-0.15, -0.1) is 0 Å². The van der Waals surface area contributed by atoms with Crippen LogP contribution in [0.1, 0.15) is 37.7 Å². The van der Waals surface area contributed by atoms with Crippen molar-refractivity contribution in [2.45, 2.75) is 50.4 Å². The van der Waals surface area contributed by atoms with Crippen LogP contribution < -0.4 is 10.6 Å². The third-order valence-electron chi connectivity index (χ3n) is 4.72. The number of nitrogens with zero attached hydrogens (tertiary/aromatic N) is 1. The Kier molecular flexibility index (Phi) is 5.34. The largest absolute Gasteiger partial charge is 0.373 e. The standard InChI is InChI=1S/C17H23Cl2N3O/c1-10(16-12(18)4-3-5-13(16)19)9-21-17(20-2)22-14-8-11-6-7-15(14)23-11/h3-5,10-11,14-15H,6-9H2,1-2H3,(H2,20,21,22). The predicted molar refractivity (Wildman–Crippen MR) is 95.7 cm³/mol. The molecule has 0 spiro atoms. The van der Waals surface area contributed by atoms with Gasteiger partial charge in [-0.05, 0) is 37.0 Å². The minimum absolute atomic E-state index is 0.186. The fourth-order valence-corrected chi connectivity index (χ4v) is 4.26. The van der Waals surface area contributed by atoms with E-state index < -0.39 is 0 Å². The molecule has 1 aromatic rings. The summed E-state index contributed by atoms with van der Waals surface area (Å²) in [6, 6.07) is 5.97. The summed E-state index contributed by atoms with van der Waals surface area (Å²) in [5, 5.41) is 8.27. The van der Waals surface area contributed by atoms with Gasteiger partial charge in [0.2, 0.25) is 0 Å². The molecule has 4 atom stereocenters. The smallest absolute Gasteiger partial charge is 0.191 e. The number of fused-ring (bicyclic) bond motifs is 2. The third-order valence-corrected chi connectivity index (χ3v) is 5.38. The number of benzene rings is 1. The van der Waals surface area contributed by atoms with Gasteiger partial charge in [0.15, 0.2) is 5.96 Å². The van der Waals surface area contributed by atoms with Crippen LogP contribution in [0.4, 0.5) is 0 Å². The van der Waals surface area contributed by atoms with Gasteiger partial charge in [-0.25, -0.2) is 0 Å². The molecule has 2 N–H and O–H groups in total. The van der Waals surface area contributed by atoms with E-state index >= 15 is 0 Å². The Morgan fingerprint density at radius 2 is 2.09 bits per heavy atom. The van der Waals surface area contributed by atoms with Crippen molar-refractivity contribution >= 4 is 29.2 Å². The van der Waals surface area contributed by atoms with Crippen molar-refractivity contribution in [1.29, 1.82) is 0 Å². The van der Waals surface area contributed by atoms with Gasteiger partial charge in [0.25, 0.3) is 0 Å². The SMILES string of the molecule is CN=C(NCC(C)c1c(Cl)cccc1Cl)NC1CC2CCC1O2. The summed E-state index contributed by atoms with van der Waals surface area (Å²) in [6.45, 7) is 2.82. The summed E-state index contributed by atoms with van der Waals surface area (Å²) in [5.74, 6) is 0.993. The van der Waals surface area contributed by atoms with Crippen LogP contribution in [-0.4, -0.2) is 37.8 Å². The number of hydrogen-bond donors (Lipinski definition) is 2. The molecule has 0 radical (unpaired) electrons. The molecule has 23 heavy (non-hydrogen) atoms. The molecule has 1 aromatic carbocycles. The van der Waals surface area contributed by atoms with E-state index in [0.29, 0.717) is 34.8 Å². The van der Waals surface area contributed by atoms with E-state index in [1.807, 2.05) is 18.2 Å². The molecule has 3 rings (SSSR count). The van der Waals surface area contributed by atoms with Crippen molar-refractivity contribution < 1.29 is 4.74 Å². The Morgan fingerprint density at radius 3 is 2.65 bits per heavy atom. The molecule has 0 aromatic heterocycles. The van der Waals surface area contributed by atoms with Crippen molar-refractivity contribution in [3.05, 3.63) is 33.8 Å². The molecule has 2 aliphatic rings. The molecule has 4 unspecified atom stereocenters. The van der Waals surface area contributed by atoms with Crippen LogP contribution in [0, 0.1) is 0 Å². The lowest BCUT2D eigenvalue weighted by Gasteiger charge is -2.24. The van der Waals surface area contributed by atoms with Gasteiger partial charge in [-0.2, -0.15) is 0 Å². The van der Waals surface area contributed by atoms with Crippen molar-refractivity contribution in [2.24, 2.45) is 4.99 Å². The molecule has 2 saturated heterocycles. The second-order valence-corrected chi connectivity index (χ2v) is 7.16. The Balaban J connectivity index is 1.56. The van der Waals surface area contributed by atoms with Crippen LogP contribution in [0.2, 0.25) is 10.0 Å². The van der Waals surface area contributed by atoms with Crippen LogP contribution >= 0.6 is 23.2 Å². The van der Waals surface area contributed by atoms with Crippen LogP contribution in [0.5, 0.6) is 0 Å². The molecule has 126 valence electrons. The second kappa shape index (κ2) is 7.29. The molecule has 2 fully saturated rings. The van der Waals surface area contributed by atoms with E-state index in [-0.39, 0.29) is 5.92 Å². The van der Waals surface area contributed by atoms with Crippen LogP contribution in [0.25, 0.3) is 0 Å². The Bertz CT molecular complexity index is 573. The van der Waals surface area contributed by atoms with Crippen molar-refractivity contribution in [3.63, 3.8) is 0 Å². The van der Waals surface area contributed by atoms with E-state index in [4.69, 9.17) is 27.9 Å². The molecule has 4 nitrogen and oxygen atoms in total. The molecule has 0 saturated carbocycles. The topological polar surface area (TPSA) is 45.7 Å². The van der Waals surface area contributed by atoms with Crippen molar-refractivity contribution in [1.82, 2.24) is 10.6 Å². The maximum Gasteiger partial charge on any atom is 0.191 e. The van der Waals surface area contributed by atoms with Crippen LogP contribution in [0.15, 0.2) is 23.2 Å². The third kappa shape index (κ3) is 3.76.